The van der Waals surface area contributed by atoms with E-state index >= 15 is 0 Å². The molecule has 4 aromatic rings. The highest BCUT2D eigenvalue weighted by atomic mass is 16.7. The van der Waals surface area contributed by atoms with Crippen molar-refractivity contribution in [1.29, 1.82) is 0 Å². The van der Waals surface area contributed by atoms with Gasteiger partial charge < -0.3 is 54.5 Å². The number of methoxy groups -OCH3 is 1. The fourth-order valence-corrected chi connectivity index (χ4v) is 11.7. The highest BCUT2D eigenvalue weighted by molar-refractivity contribution is 6.19. The fraction of sp³-hybridized carbons (Fsp3) is 0.484. The number of fused-ring (bicyclic) bond motifs is 13. The topological polar surface area (TPSA) is 229 Å². The number of nitrogens with zero attached hydrogens (tertiary/aromatic N) is 4. The van der Waals surface area contributed by atoms with E-state index in [1.165, 1.54) is 31.9 Å². The molecule has 17 nitrogen and oxygen atoms in total. The van der Waals surface area contributed by atoms with Gasteiger partial charge in [0.05, 0.1) is 40.9 Å². The number of ether oxygens (including phenoxy) is 4. The molecule has 5 N–H and O–H groups in total. The normalized spacial score (nSPS) is 27.3. The van der Waals surface area contributed by atoms with E-state index in [-0.39, 0.29) is 74.3 Å². The highest BCUT2D eigenvalue weighted by Crippen LogP contribution is 2.50. The number of carbonyl (C=O) groups excluding carboxylic acids is 4. The van der Waals surface area contributed by atoms with Crippen molar-refractivity contribution in [2.75, 3.05) is 45.2 Å². The zero-order valence-corrected chi connectivity index (χ0v) is 46.5. The number of aliphatic hydroxyl groups is 2. The number of ketones is 1. The first-order valence-electron chi connectivity index (χ1n) is 27.7. The van der Waals surface area contributed by atoms with Crippen LogP contribution in [-0.4, -0.2) is 129 Å². The molecule has 4 aromatic carbocycles. The SMILES string of the molecule is CO[C@H]1/C=C/OC2(C)Oc3c(C)c(O)c4c(O)c(c5c(c4c3C2=O)=NC2(CCN(CC(C)C)CC2)N=5)NC(=O)/C(C)=C\C=C\C(C)[C@H](O)[C@@H](C)C(O)C[C@H](OC(=O)CC(=O)N2CCC(c3ccc(-c4ccccc4)cc3)CC2)C1. The third-order valence-corrected chi connectivity index (χ3v) is 16.5. The Kier molecular flexibility index (Phi) is 16.8. The van der Waals surface area contributed by atoms with Crippen LogP contribution in [0, 0.1) is 24.7 Å². The number of rotatable bonds is 8. The van der Waals surface area contributed by atoms with Crippen molar-refractivity contribution < 1.29 is 58.6 Å². The van der Waals surface area contributed by atoms with Crippen LogP contribution in [0.15, 0.2) is 101 Å². The van der Waals surface area contributed by atoms with Gasteiger partial charge in [-0.2, -0.15) is 0 Å². The van der Waals surface area contributed by atoms with Gasteiger partial charge in [0.15, 0.2) is 11.4 Å². The number of aliphatic hydroxyl groups excluding tert-OH is 2. The molecular weight excluding hydrogens is 1010 g/mol. The molecule has 10 rings (SSSR count). The first-order valence-corrected chi connectivity index (χ1v) is 27.7. The minimum absolute atomic E-state index is 0.0111. The number of Topliss-reactive ketones (excluding diaryl/α,β-unsaturated/α-hetero) is 1. The van der Waals surface area contributed by atoms with Crippen molar-refractivity contribution in [2.45, 2.75) is 135 Å². The summed E-state index contributed by atoms with van der Waals surface area (Å²) >= 11 is 0. The van der Waals surface area contributed by atoms with E-state index in [1.807, 2.05) is 18.2 Å². The number of anilines is 1. The molecule has 3 unspecified atom stereocenters. The molecule has 0 aliphatic carbocycles. The number of allylic oxidation sites excluding steroid dienone is 2. The van der Waals surface area contributed by atoms with E-state index in [9.17, 15) is 39.6 Å². The number of carbonyl (C=O) groups is 4. The molecule has 6 aliphatic rings. The van der Waals surface area contributed by atoms with Crippen molar-refractivity contribution in [1.82, 2.24) is 9.80 Å². The number of phenols is 2. The lowest BCUT2D eigenvalue weighted by Crippen LogP contribution is -2.43. The number of amides is 2. The second kappa shape index (κ2) is 23.4. The Balaban J connectivity index is 0.984. The number of likely N-dealkylation sites (tertiary alicyclic amines) is 2. The van der Waals surface area contributed by atoms with Crippen molar-refractivity contribution in [3.8, 4) is 28.4 Å². The smallest absolute Gasteiger partial charge is 0.315 e. The van der Waals surface area contributed by atoms with Gasteiger partial charge in [-0.1, -0.05) is 101 Å². The van der Waals surface area contributed by atoms with Gasteiger partial charge in [-0.15, -0.1) is 0 Å². The van der Waals surface area contributed by atoms with Gasteiger partial charge in [0.1, 0.15) is 35.1 Å². The molecule has 17 heteroatoms. The summed E-state index contributed by atoms with van der Waals surface area (Å²) in [5.41, 5.74) is 2.79. The van der Waals surface area contributed by atoms with E-state index < -0.39 is 83.3 Å². The van der Waals surface area contributed by atoms with Crippen LogP contribution in [0.3, 0.4) is 0 Å². The lowest BCUT2D eigenvalue weighted by molar-refractivity contribution is -0.156. The zero-order valence-electron chi connectivity index (χ0n) is 46.5. The summed E-state index contributed by atoms with van der Waals surface area (Å²) in [5, 5.41) is 50.6. The fourth-order valence-electron chi connectivity index (χ4n) is 11.7. The van der Waals surface area contributed by atoms with Crippen LogP contribution in [0.1, 0.15) is 114 Å². The van der Waals surface area contributed by atoms with E-state index in [4.69, 9.17) is 28.9 Å². The second-order valence-electron chi connectivity index (χ2n) is 22.7. The van der Waals surface area contributed by atoms with Crippen molar-refractivity contribution in [3.63, 3.8) is 0 Å². The molecule has 7 atom stereocenters. The number of esters is 1. The summed E-state index contributed by atoms with van der Waals surface area (Å²) < 4.78 is 24.3. The summed E-state index contributed by atoms with van der Waals surface area (Å²) in [6, 6.07) is 18.7. The predicted octanol–water partition coefficient (Wildman–Crippen LogP) is 7.70. The number of phenolic OH excluding ortho intramolecular Hbond substituents is 2. The zero-order chi connectivity index (χ0) is 56.5. The first-order chi connectivity index (χ1) is 37.7. The quantitative estimate of drug-likeness (QED) is 0.0648. The molecule has 2 fully saturated rings. The van der Waals surface area contributed by atoms with Gasteiger partial charge in [-0.25, -0.2) is 0 Å². The number of hydrogen-bond donors (Lipinski definition) is 5. The lowest BCUT2D eigenvalue weighted by atomic mass is 9.86. The largest absolute Gasteiger partial charge is 0.507 e. The van der Waals surface area contributed by atoms with Crippen molar-refractivity contribution in [3.05, 3.63) is 118 Å². The molecule has 420 valence electrons. The molecule has 2 amide bonds. The Morgan fingerprint density at radius 2 is 1.54 bits per heavy atom. The van der Waals surface area contributed by atoms with Crippen LogP contribution in [0.2, 0.25) is 0 Å². The minimum Gasteiger partial charge on any atom is -0.507 e. The highest BCUT2D eigenvalue weighted by Gasteiger charge is 2.50. The van der Waals surface area contributed by atoms with Crippen molar-refractivity contribution >= 4 is 40.0 Å². The van der Waals surface area contributed by atoms with E-state index in [0.29, 0.717) is 44.9 Å². The molecule has 79 heavy (non-hydrogen) atoms. The van der Waals surface area contributed by atoms with Crippen LogP contribution in [0.25, 0.3) is 21.9 Å². The van der Waals surface area contributed by atoms with Gasteiger partial charge in [0.2, 0.25) is 5.91 Å². The van der Waals surface area contributed by atoms with Crippen LogP contribution in [0.5, 0.6) is 17.2 Å². The molecule has 0 radical (unpaired) electrons. The molecule has 2 saturated heterocycles. The number of hydrogen-bond acceptors (Lipinski definition) is 15. The van der Waals surface area contributed by atoms with Crippen LogP contribution in [0.4, 0.5) is 5.69 Å². The number of nitrogens with one attached hydrogen (secondary N) is 1. The molecule has 0 saturated carbocycles. The molecular formula is C62H75N5O12. The molecule has 5 bridgehead atoms. The summed E-state index contributed by atoms with van der Waals surface area (Å²) in [7, 11) is 1.44. The van der Waals surface area contributed by atoms with Gasteiger partial charge in [0.25, 0.3) is 11.7 Å². The first kappa shape index (κ1) is 56.8. The summed E-state index contributed by atoms with van der Waals surface area (Å²) in [6.07, 6.45) is 5.31. The van der Waals surface area contributed by atoms with Crippen molar-refractivity contribution in [2.24, 2.45) is 27.7 Å². The number of piperidine rings is 2. The van der Waals surface area contributed by atoms with Gasteiger partial charge >= 0.3 is 11.8 Å². The summed E-state index contributed by atoms with van der Waals surface area (Å²) in [6.45, 7) is 15.5. The standard InChI is InChI=1S/C62H75N5O12/c1-35(2)34-66-28-24-62(25-29-66)64-52-49-50-56(72)39(6)58-51(49)59(74)61(7,79-58)77-30-23-44(76-8)31-45(32-46(68)38(5)55(71)36(3)13-12-14-37(4)60(75)63-54(57(50)73)53(52)65-62)78-48(70)33-47(69)67-26-21-43(22-27-67)42-19-17-41(18-20-42)40-15-10-9-11-16-40/h9-20,23,30,35-36,38,43-46,55,68,71-73H,21-22,24-29,31-34H2,1-8H3,(H,63,75)/b13-12+,30-23+,37-14-/t36?,38-,44-,45+,46?,55-,61?/m0/s1. The molecule has 6 aliphatic heterocycles. The summed E-state index contributed by atoms with van der Waals surface area (Å²) in [5.74, 6) is -5.85. The Morgan fingerprint density at radius 3 is 2.22 bits per heavy atom. The van der Waals surface area contributed by atoms with E-state index in [2.05, 4.69) is 60.5 Å². The van der Waals surface area contributed by atoms with E-state index in [1.54, 1.807) is 50.8 Å². The van der Waals surface area contributed by atoms with Crippen LogP contribution in [-0.2, 0) is 28.6 Å². The monoisotopic (exact) mass is 1080 g/mol. The Hall–Kier alpha value is -6.92. The minimum atomic E-state index is -2.01. The third-order valence-electron chi connectivity index (χ3n) is 16.5. The van der Waals surface area contributed by atoms with E-state index in [0.717, 1.165) is 30.5 Å². The summed E-state index contributed by atoms with van der Waals surface area (Å²) in [4.78, 5) is 70.8. The maximum absolute atomic E-state index is 14.9. The molecule has 1 spiro atoms. The van der Waals surface area contributed by atoms with Gasteiger partial charge in [-0.05, 0) is 61.3 Å². The number of aromatic hydroxyl groups is 2. The molecule has 6 heterocycles. The average molecular weight is 1080 g/mol. The third kappa shape index (κ3) is 11.9. The number of benzene rings is 4. The molecule has 0 aromatic heterocycles. The predicted molar refractivity (Wildman–Crippen MR) is 298 cm³/mol. The lowest BCUT2D eigenvalue weighted by Gasteiger charge is -2.36. The second-order valence-corrected chi connectivity index (χ2v) is 22.7. The maximum atomic E-state index is 14.9. The average Bonchev–Trinajstić information content (AvgIpc) is 3.26. The van der Waals surface area contributed by atoms with Gasteiger partial charge in [-0.3, -0.25) is 29.2 Å². The Morgan fingerprint density at radius 1 is 0.873 bits per heavy atom. The van der Waals surface area contributed by atoms with Gasteiger partial charge in [0, 0.05) is 101 Å². The Labute approximate surface area is 461 Å². The van der Waals surface area contributed by atoms with Crippen LogP contribution >= 0.6 is 0 Å². The maximum Gasteiger partial charge on any atom is 0.315 e. The Bertz CT molecular complexity index is 3190. The van der Waals surface area contributed by atoms with Crippen LogP contribution < -0.4 is 20.8 Å².